The summed E-state index contributed by atoms with van der Waals surface area (Å²) >= 11 is 0. The van der Waals surface area contributed by atoms with Gasteiger partial charge >= 0.3 is 0 Å². The van der Waals surface area contributed by atoms with Crippen molar-refractivity contribution in [3.8, 4) is 0 Å². The summed E-state index contributed by atoms with van der Waals surface area (Å²) in [6.07, 6.45) is 0.257. The van der Waals surface area contributed by atoms with Crippen molar-refractivity contribution in [3.63, 3.8) is 0 Å². The highest BCUT2D eigenvalue weighted by molar-refractivity contribution is 5.48. The van der Waals surface area contributed by atoms with E-state index in [1.165, 1.54) is 12.1 Å². The quantitative estimate of drug-likeness (QED) is 0.845. The van der Waals surface area contributed by atoms with Crippen LogP contribution in [0.1, 0.15) is 20.8 Å². The van der Waals surface area contributed by atoms with Gasteiger partial charge in [-0.2, -0.15) is 0 Å². The summed E-state index contributed by atoms with van der Waals surface area (Å²) in [7, 11) is 0. The Morgan fingerprint density at radius 2 is 1.70 bits per heavy atom. The Balaban J connectivity index is 1.94. The van der Waals surface area contributed by atoms with Crippen molar-refractivity contribution in [2.45, 2.75) is 33.1 Å². The Hall–Kier alpha value is -1.20. The molecule has 112 valence electrons. The van der Waals surface area contributed by atoms with Crippen molar-refractivity contribution in [3.05, 3.63) is 29.8 Å². The summed E-state index contributed by atoms with van der Waals surface area (Å²) in [5.41, 5.74) is 0.475. The van der Waals surface area contributed by atoms with Crippen molar-refractivity contribution in [2.75, 3.05) is 31.1 Å². The monoisotopic (exact) mass is 284 g/mol. The van der Waals surface area contributed by atoms with E-state index >= 15 is 0 Å². The molecule has 0 saturated carbocycles. The largest absolute Gasteiger partial charge is 0.367 e. The van der Waals surface area contributed by atoms with Crippen LogP contribution in [0.3, 0.4) is 0 Å². The lowest BCUT2D eigenvalue weighted by atomic mass is 10.2. The molecule has 1 fully saturated rings. The summed E-state index contributed by atoms with van der Waals surface area (Å²) < 4.78 is 32.4. The van der Waals surface area contributed by atoms with Crippen molar-refractivity contribution >= 4 is 5.69 Å². The second-order valence-electron chi connectivity index (χ2n) is 5.40. The van der Waals surface area contributed by atoms with Crippen LogP contribution in [0, 0.1) is 11.6 Å². The predicted molar refractivity (Wildman–Crippen MR) is 75.8 cm³/mol. The molecule has 2 rings (SSSR count). The van der Waals surface area contributed by atoms with E-state index in [4.69, 9.17) is 4.74 Å². The van der Waals surface area contributed by atoms with Crippen LogP contribution in [0.15, 0.2) is 18.2 Å². The Labute approximate surface area is 119 Å². The van der Waals surface area contributed by atoms with Gasteiger partial charge in [-0.1, -0.05) is 0 Å². The van der Waals surface area contributed by atoms with Gasteiger partial charge in [0.25, 0.3) is 0 Å². The van der Waals surface area contributed by atoms with Gasteiger partial charge < -0.3 is 9.64 Å². The molecule has 1 aliphatic heterocycles. The van der Waals surface area contributed by atoms with Gasteiger partial charge in [-0.3, -0.25) is 4.90 Å². The Kier molecular flexibility index (Phi) is 4.94. The molecule has 1 aromatic carbocycles. The molecule has 1 atom stereocenters. The average Bonchev–Trinajstić information content (AvgIpc) is 2.38. The zero-order valence-corrected chi connectivity index (χ0v) is 12.3. The van der Waals surface area contributed by atoms with E-state index in [-0.39, 0.29) is 12.3 Å². The van der Waals surface area contributed by atoms with Gasteiger partial charge in [0.05, 0.1) is 11.8 Å². The van der Waals surface area contributed by atoms with E-state index in [0.717, 1.165) is 19.2 Å². The molecule has 5 heteroatoms. The number of rotatable bonds is 4. The zero-order chi connectivity index (χ0) is 14.7. The van der Waals surface area contributed by atoms with Crippen LogP contribution in [0.25, 0.3) is 0 Å². The normalized spacial score (nSPS) is 18.6. The fourth-order valence-electron chi connectivity index (χ4n) is 2.54. The SMILES string of the molecule is CC(C)OC(C)N1CCN(c2ccc(F)cc2F)CC1. The standard InChI is InChI=1S/C15H22F2N2O/c1-11(2)20-12(3)18-6-8-19(9-7-18)15-5-4-13(16)10-14(15)17/h4-5,10-12H,6-9H2,1-3H3. The van der Waals surface area contributed by atoms with E-state index in [9.17, 15) is 8.78 Å². The molecule has 1 aliphatic rings. The second-order valence-corrected chi connectivity index (χ2v) is 5.40. The molecular formula is C15H22F2N2O. The first-order valence-electron chi connectivity index (χ1n) is 7.07. The van der Waals surface area contributed by atoms with E-state index in [1.807, 2.05) is 25.7 Å². The number of benzene rings is 1. The third-order valence-electron chi connectivity index (χ3n) is 3.55. The van der Waals surface area contributed by atoms with Crippen LogP contribution in [-0.4, -0.2) is 43.4 Å². The Bertz CT molecular complexity index is 445. The summed E-state index contributed by atoms with van der Waals surface area (Å²) in [4.78, 5) is 4.19. The molecule has 0 aromatic heterocycles. The number of anilines is 1. The molecule has 1 unspecified atom stereocenters. The van der Waals surface area contributed by atoms with E-state index in [1.54, 1.807) is 0 Å². The number of halogens is 2. The Morgan fingerprint density at radius 3 is 2.25 bits per heavy atom. The van der Waals surface area contributed by atoms with Crippen LogP contribution in [0.2, 0.25) is 0 Å². The highest BCUT2D eigenvalue weighted by atomic mass is 19.1. The van der Waals surface area contributed by atoms with Gasteiger partial charge in [-0.15, -0.1) is 0 Å². The molecule has 3 nitrogen and oxygen atoms in total. The maximum atomic E-state index is 13.7. The van der Waals surface area contributed by atoms with Crippen molar-refractivity contribution in [1.82, 2.24) is 4.90 Å². The predicted octanol–water partition coefficient (Wildman–Crippen LogP) is 2.86. The average molecular weight is 284 g/mol. The maximum absolute atomic E-state index is 13.7. The zero-order valence-electron chi connectivity index (χ0n) is 12.3. The topological polar surface area (TPSA) is 15.7 Å². The molecule has 20 heavy (non-hydrogen) atoms. The number of hydrogen-bond acceptors (Lipinski definition) is 3. The minimum Gasteiger partial charge on any atom is -0.367 e. The van der Waals surface area contributed by atoms with Crippen LogP contribution in [0.5, 0.6) is 0 Å². The fraction of sp³-hybridized carbons (Fsp3) is 0.600. The van der Waals surface area contributed by atoms with E-state index in [2.05, 4.69) is 4.90 Å². The molecule has 0 amide bonds. The first-order chi connectivity index (χ1) is 9.47. The van der Waals surface area contributed by atoms with Crippen molar-refractivity contribution < 1.29 is 13.5 Å². The minimum absolute atomic E-state index is 0.0650. The minimum atomic E-state index is -0.538. The molecule has 1 heterocycles. The van der Waals surface area contributed by atoms with Gasteiger partial charge in [0, 0.05) is 32.2 Å². The van der Waals surface area contributed by atoms with Crippen LogP contribution >= 0.6 is 0 Å². The highest BCUT2D eigenvalue weighted by Gasteiger charge is 2.23. The fourth-order valence-corrected chi connectivity index (χ4v) is 2.54. The van der Waals surface area contributed by atoms with Crippen LogP contribution < -0.4 is 4.90 Å². The number of nitrogens with zero attached hydrogens (tertiary/aromatic N) is 2. The number of ether oxygens (including phenoxy) is 1. The summed E-state index contributed by atoms with van der Waals surface area (Å²) in [5, 5.41) is 0. The highest BCUT2D eigenvalue weighted by Crippen LogP contribution is 2.22. The summed E-state index contributed by atoms with van der Waals surface area (Å²) in [6, 6.07) is 3.75. The summed E-state index contributed by atoms with van der Waals surface area (Å²) in [6.45, 7) is 9.12. The van der Waals surface area contributed by atoms with Gasteiger partial charge in [-0.05, 0) is 32.9 Å². The molecule has 0 radical (unpaired) electrons. The smallest absolute Gasteiger partial charge is 0.149 e. The molecule has 1 saturated heterocycles. The van der Waals surface area contributed by atoms with E-state index in [0.29, 0.717) is 18.8 Å². The number of hydrogen-bond donors (Lipinski definition) is 0. The lowest BCUT2D eigenvalue weighted by Gasteiger charge is -2.39. The molecular weight excluding hydrogens is 262 g/mol. The molecule has 0 N–H and O–H groups in total. The lowest BCUT2D eigenvalue weighted by molar-refractivity contribution is -0.0781. The first-order valence-corrected chi connectivity index (χ1v) is 7.07. The third-order valence-corrected chi connectivity index (χ3v) is 3.55. The molecule has 0 spiro atoms. The van der Waals surface area contributed by atoms with Gasteiger partial charge in [0.2, 0.25) is 0 Å². The van der Waals surface area contributed by atoms with Crippen LogP contribution in [0.4, 0.5) is 14.5 Å². The van der Waals surface area contributed by atoms with Gasteiger partial charge in [0.15, 0.2) is 0 Å². The number of piperazine rings is 1. The van der Waals surface area contributed by atoms with Crippen molar-refractivity contribution in [1.29, 1.82) is 0 Å². The maximum Gasteiger partial charge on any atom is 0.149 e. The van der Waals surface area contributed by atoms with E-state index < -0.39 is 11.6 Å². The molecule has 0 bridgehead atoms. The molecule has 1 aromatic rings. The Morgan fingerprint density at radius 1 is 1.05 bits per heavy atom. The van der Waals surface area contributed by atoms with Crippen LogP contribution in [-0.2, 0) is 4.74 Å². The second kappa shape index (κ2) is 6.50. The molecule has 0 aliphatic carbocycles. The van der Waals surface area contributed by atoms with Gasteiger partial charge in [-0.25, -0.2) is 8.78 Å². The third kappa shape index (κ3) is 3.67. The lowest BCUT2D eigenvalue weighted by Crippen LogP contribution is -2.51. The first kappa shape index (κ1) is 15.2. The van der Waals surface area contributed by atoms with Gasteiger partial charge in [0.1, 0.15) is 17.9 Å². The summed E-state index contributed by atoms with van der Waals surface area (Å²) in [5.74, 6) is -1.03. The van der Waals surface area contributed by atoms with Crippen molar-refractivity contribution in [2.24, 2.45) is 0 Å².